The molecule has 0 aliphatic carbocycles. The lowest BCUT2D eigenvalue weighted by Gasteiger charge is -2.38. The zero-order valence-corrected chi connectivity index (χ0v) is 16.2. The number of hydrogen-bond acceptors (Lipinski definition) is 3. The molecule has 27 heavy (non-hydrogen) atoms. The third-order valence-electron chi connectivity index (χ3n) is 4.71. The normalized spacial score (nSPS) is 18.8. The number of carbonyl (C=O) groups is 1. The van der Waals surface area contributed by atoms with Crippen molar-refractivity contribution in [3.05, 3.63) is 59.4 Å². The predicted molar refractivity (Wildman–Crippen MR) is 102 cm³/mol. The predicted octanol–water partition coefficient (Wildman–Crippen LogP) is 4.71. The molecule has 4 nitrogen and oxygen atoms in total. The third-order valence-corrected chi connectivity index (χ3v) is 4.71. The number of amides is 1. The van der Waals surface area contributed by atoms with Crippen LogP contribution in [0.25, 0.3) is 0 Å². The number of rotatable bonds is 5. The van der Waals surface area contributed by atoms with E-state index in [2.05, 4.69) is 5.32 Å². The van der Waals surface area contributed by atoms with E-state index in [1.54, 1.807) is 12.1 Å². The third kappa shape index (κ3) is 4.41. The van der Waals surface area contributed by atoms with Gasteiger partial charge < -0.3 is 14.8 Å². The van der Waals surface area contributed by atoms with Gasteiger partial charge in [-0.2, -0.15) is 0 Å². The summed E-state index contributed by atoms with van der Waals surface area (Å²) in [5.41, 5.74) is 1.66. The Morgan fingerprint density at radius 3 is 2.78 bits per heavy atom. The summed E-state index contributed by atoms with van der Waals surface area (Å²) in [6.07, 6.45) is 0.320. The van der Waals surface area contributed by atoms with E-state index in [1.165, 1.54) is 12.1 Å². The van der Waals surface area contributed by atoms with Gasteiger partial charge in [0.15, 0.2) is 17.7 Å². The van der Waals surface area contributed by atoms with Crippen molar-refractivity contribution in [3.8, 4) is 11.5 Å². The van der Waals surface area contributed by atoms with Gasteiger partial charge in [-0.15, -0.1) is 0 Å². The van der Waals surface area contributed by atoms with Gasteiger partial charge in [-0.3, -0.25) is 4.79 Å². The number of benzene rings is 2. The van der Waals surface area contributed by atoms with Crippen LogP contribution in [0, 0.1) is 12.7 Å². The minimum absolute atomic E-state index is 0.0860. The molecule has 1 aliphatic heterocycles. The fraction of sp³-hybridized carbons (Fsp3) is 0.409. The van der Waals surface area contributed by atoms with Crippen molar-refractivity contribution in [2.75, 3.05) is 0 Å². The van der Waals surface area contributed by atoms with Gasteiger partial charge in [0.1, 0.15) is 11.4 Å². The van der Waals surface area contributed by atoms with E-state index in [4.69, 9.17) is 9.47 Å². The van der Waals surface area contributed by atoms with Crippen molar-refractivity contribution in [2.45, 2.75) is 58.3 Å². The molecule has 2 unspecified atom stereocenters. The maximum Gasteiger partial charge on any atom is 0.261 e. The molecule has 144 valence electrons. The Bertz CT molecular complexity index is 834. The van der Waals surface area contributed by atoms with Crippen LogP contribution in [0.5, 0.6) is 11.5 Å². The maximum absolute atomic E-state index is 13.9. The lowest BCUT2D eigenvalue weighted by molar-refractivity contribution is -0.129. The highest BCUT2D eigenvalue weighted by Gasteiger charge is 2.35. The molecule has 0 spiro atoms. The number of hydrogen-bond donors (Lipinski definition) is 1. The Labute approximate surface area is 159 Å². The Kier molecular flexibility index (Phi) is 5.40. The standard InChI is InChI=1S/C22H26FNO3/c1-5-18(26-19-9-7-6-8-16(19)23)21(25)24-17-13-22(3,4)27-20-12-14(2)10-11-15(17)20/h6-12,17-18H,5,13H2,1-4H3,(H,24,25). The van der Waals surface area contributed by atoms with E-state index in [1.807, 2.05) is 45.9 Å². The molecule has 3 rings (SSSR count). The summed E-state index contributed by atoms with van der Waals surface area (Å²) in [5, 5.41) is 3.07. The van der Waals surface area contributed by atoms with Gasteiger partial charge in [0.25, 0.3) is 5.91 Å². The van der Waals surface area contributed by atoms with Crippen molar-refractivity contribution < 1.29 is 18.7 Å². The molecule has 1 heterocycles. The van der Waals surface area contributed by atoms with Crippen molar-refractivity contribution in [1.82, 2.24) is 5.32 Å². The van der Waals surface area contributed by atoms with Gasteiger partial charge in [0.2, 0.25) is 0 Å². The van der Waals surface area contributed by atoms with E-state index < -0.39 is 17.5 Å². The molecule has 0 radical (unpaired) electrons. The second-order valence-electron chi connectivity index (χ2n) is 7.61. The Morgan fingerprint density at radius 1 is 1.33 bits per heavy atom. The van der Waals surface area contributed by atoms with Gasteiger partial charge in [0, 0.05) is 12.0 Å². The second kappa shape index (κ2) is 7.59. The van der Waals surface area contributed by atoms with E-state index in [9.17, 15) is 9.18 Å². The second-order valence-corrected chi connectivity index (χ2v) is 7.61. The van der Waals surface area contributed by atoms with Crippen molar-refractivity contribution in [3.63, 3.8) is 0 Å². The molecule has 1 N–H and O–H groups in total. The molecule has 0 saturated carbocycles. The number of ether oxygens (including phenoxy) is 2. The van der Waals surface area contributed by atoms with Crippen LogP contribution < -0.4 is 14.8 Å². The highest BCUT2D eigenvalue weighted by molar-refractivity contribution is 5.81. The molecule has 2 aromatic carbocycles. The Balaban J connectivity index is 1.79. The van der Waals surface area contributed by atoms with Crippen LogP contribution in [0.15, 0.2) is 42.5 Å². The maximum atomic E-state index is 13.9. The van der Waals surface area contributed by atoms with E-state index in [0.29, 0.717) is 12.8 Å². The summed E-state index contributed by atoms with van der Waals surface area (Å²) in [6.45, 7) is 7.86. The summed E-state index contributed by atoms with van der Waals surface area (Å²) in [6, 6.07) is 11.9. The average Bonchev–Trinajstić information content (AvgIpc) is 2.59. The summed E-state index contributed by atoms with van der Waals surface area (Å²) in [7, 11) is 0. The van der Waals surface area contributed by atoms with E-state index in [0.717, 1.165) is 16.9 Å². The van der Waals surface area contributed by atoms with E-state index >= 15 is 0 Å². The van der Waals surface area contributed by atoms with Crippen LogP contribution in [0.1, 0.15) is 50.8 Å². The first-order valence-electron chi connectivity index (χ1n) is 9.30. The van der Waals surface area contributed by atoms with Crippen molar-refractivity contribution in [2.24, 2.45) is 0 Å². The van der Waals surface area contributed by atoms with Crippen LogP contribution in [-0.2, 0) is 4.79 Å². The molecular weight excluding hydrogens is 345 g/mol. The fourth-order valence-electron chi connectivity index (χ4n) is 3.37. The lowest BCUT2D eigenvalue weighted by atomic mass is 9.89. The number of halogens is 1. The summed E-state index contributed by atoms with van der Waals surface area (Å²) in [5.74, 6) is 0.147. The molecule has 0 bridgehead atoms. The number of fused-ring (bicyclic) bond motifs is 1. The fourth-order valence-corrected chi connectivity index (χ4v) is 3.37. The average molecular weight is 371 g/mol. The first-order chi connectivity index (χ1) is 12.8. The zero-order chi connectivity index (χ0) is 19.6. The van der Waals surface area contributed by atoms with Gasteiger partial charge >= 0.3 is 0 Å². The van der Waals surface area contributed by atoms with Gasteiger partial charge in [-0.05, 0) is 51.0 Å². The minimum atomic E-state index is -0.762. The molecule has 0 saturated heterocycles. The lowest BCUT2D eigenvalue weighted by Crippen LogP contribution is -2.45. The molecule has 5 heteroatoms. The zero-order valence-electron chi connectivity index (χ0n) is 16.2. The Morgan fingerprint density at radius 2 is 2.07 bits per heavy atom. The quantitative estimate of drug-likeness (QED) is 0.828. The molecule has 1 amide bonds. The molecule has 1 aliphatic rings. The topological polar surface area (TPSA) is 47.6 Å². The van der Waals surface area contributed by atoms with Gasteiger partial charge in [-0.1, -0.05) is 31.2 Å². The van der Waals surface area contributed by atoms with Gasteiger partial charge in [-0.25, -0.2) is 4.39 Å². The van der Waals surface area contributed by atoms with Gasteiger partial charge in [0.05, 0.1) is 6.04 Å². The summed E-state index contributed by atoms with van der Waals surface area (Å²) >= 11 is 0. The molecule has 2 aromatic rings. The minimum Gasteiger partial charge on any atom is -0.487 e. The molecule has 2 atom stereocenters. The first-order valence-corrected chi connectivity index (χ1v) is 9.30. The van der Waals surface area contributed by atoms with Crippen molar-refractivity contribution in [1.29, 1.82) is 0 Å². The molecule has 0 fully saturated rings. The number of aryl methyl sites for hydroxylation is 1. The van der Waals surface area contributed by atoms with Crippen molar-refractivity contribution >= 4 is 5.91 Å². The summed E-state index contributed by atoms with van der Waals surface area (Å²) < 4.78 is 25.6. The Hall–Kier alpha value is -2.56. The van der Waals surface area contributed by atoms with Crippen LogP contribution >= 0.6 is 0 Å². The number of nitrogens with one attached hydrogen (secondary N) is 1. The van der Waals surface area contributed by atoms with Crippen LogP contribution in [0.2, 0.25) is 0 Å². The number of para-hydroxylation sites is 1. The molecular formula is C22H26FNO3. The monoisotopic (exact) mass is 371 g/mol. The van der Waals surface area contributed by atoms with Crippen LogP contribution in [-0.4, -0.2) is 17.6 Å². The first kappa shape index (κ1) is 19.2. The smallest absolute Gasteiger partial charge is 0.261 e. The van der Waals surface area contributed by atoms with Crippen LogP contribution in [0.4, 0.5) is 4.39 Å². The largest absolute Gasteiger partial charge is 0.487 e. The SMILES string of the molecule is CCC(Oc1ccccc1F)C(=O)NC1CC(C)(C)Oc2cc(C)ccc21. The molecule has 0 aromatic heterocycles. The number of carbonyl (C=O) groups excluding carboxylic acids is 1. The highest BCUT2D eigenvalue weighted by atomic mass is 19.1. The van der Waals surface area contributed by atoms with Crippen LogP contribution in [0.3, 0.4) is 0 Å². The summed E-state index contributed by atoms with van der Waals surface area (Å²) in [4.78, 5) is 12.8. The highest BCUT2D eigenvalue weighted by Crippen LogP contribution is 2.40. The van der Waals surface area contributed by atoms with E-state index in [-0.39, 0.29) is 17.7 Å².